The smallest absolute Gasteiger partial charge is 0.176 e. The van der Waals surface area contributed by atoms with E-state index in [9.17, 15) is 13.2 Å². The molecule has 5 rings (SSSR count). The van der Waals surface area contributed by atoms with Gasteiger partial charge in [-0.05, 0) is 30.3 Å². The van der Waals surface area contributed by atoms with E-state index in [1.807, 2.05) is 17.0 Å². The van der Waals surface area contributed by atoms with Crippen LogP contribution in [0.2, 0.25) is 5.02 Å². The van der Waals surface area contributed by atoms with Crippen LogP contribution >= 0.6 is 11.6 Å². The Morgan fingerprint density at radius 3 is 2.57 bits per heavy atom. The van der Waals surface area contributed by atoms with Crippen molar-refractivity contribution in [2.45, 2.75) is 6.17 Å². The Morgan fingerprint density at radius 2 is 1.86 bits per heavy atom. The molecule has 3 aromatic rings. The number of amidine groups is 1. The van der Waals surface area contributed by atoms with Gasteiger partial charge in [0, 0.05) is 5.69 Å². The lowest BCUT2D eigenvalue weighted by atomic mass is 10.1. The van der Waals surface area contributed by atoms with Gasteiger partial charge in [-0.3, -0.25) is 0 Å². The number of aliphatic imine (C=N–C) groups is 1. The molecule has 2 aromatic carbocycles. The Hall–Kier alpha value is -3.00. The van der Waals surface area contributed by atoms with Crippen LogP contribution in [0.4, 0.5) is 30.4 Å². The molecule has 0 aliphatic carbocycles. The topological polar surface area (TPSA) is 45.5 Å². The monoisotopic (exact) mass is 403 g/mol. The average Bonchev–Trinajstić information content (AvgIpc) is 2.91. The molecular formula is C19H13ClF3N5. The number of anilines is 2. The molecule has 142 valence electrons. The molecule has 0 spiro atoms. The molecule has 3 heterocycles. The van der Waals surface area contributed by atoms with Gasteiger partial charge >= 0.3 is 0 Å². The van der Waals surface area contributed by atoms with Gasteiger partial charge in [0.15, 0.2) is 5.82 Å². The molecule has 2 aliphatic heterocycles. The van der Waals surface area contributed by atoms with E-state index >= 15 is 0 Å². The predicted molar refractivity (Wildman–Crippen MR) is 102 cm³/mol. The molecule has 0 radical (unpaired) electrons. The lowest BCUT2D eigenvalue weighted by Crippen LogP contribution is -2.48. The molecule has 1 fully saturated rings. The quantitative estimate of drug-likeness (QED) is 0.687. The van der Waals surface area contributed by atoms with Crippen molar-refractivity contribution < 1.29 is 13.2 Å². The molecule has 0 saturated carbocycles. The van der Waals surface area contributed by atoms with Crippen molar-refractivity contribution in [1.29, 1.82) is 0 Å². The minimum Gasteiger partial charge on any atom is -0.365 e. The maximum atomic E-state index is 14.3. The third-order valence-electron chi connectivity index (χ3n) is 4.78. The van der Waals surface area contributed by atoms with E-state index in [1.54, 1.807) is 6.07 Å². The van der Waals surface area contributed by atoms with Gasteiger partial charge in [0.1, 0.15) is 28.7 Å². The fourth-order valence-electron chi connectivity index (χ4n) is 3.34. The maximum absolute atomic E-state index is 14.3. The Morgan fingerprint density at radius 1 is 1.11 bits per heavy atom. The Labute approximate surface area is 163 Å². The number of nitrogens with zero attached hydrogens (tertiary/aromatic N) is 4. The van der Waals surface area contributed by atoms with Gasteiger partial charge < -0.3 is 10.2 Å². The van der Waals surface area contributed by atoms with Crippen LogP contribution in [-0.2, 0) is 0 Å². The van der Waals surface area contributed by atoms with Crippen molar-refractivity contribution in [3.8, 4) is 5.69 Å². The number of nitrogens with one attached hydrogen (secondary N) is 1. The molecular weight excluding hydrogens is 391 g/mol. The summed E-state index contributed by atoms with van der Waals surface area (Å²) in [4.78, 5) is 6.23. The van der Waals surface area contributed by atoms with E-state index in [1.165, 1.54) is 16.9 Å². The number of fused-ring (bicyclic) bond motifs is 3. The predicted octanol–water partition coefficient (Wildman–Crippen LogP) is 4.47. The molecule has 2 aliphatic rings. The first-order valence-electron chi connectivity index (χ1n) is 8.58. The summed E-state index contributed by atoms with van der Waals surface area (Å²) < 4.78 is 43.4. The average molecular weight is 404 g/mol. The van der Waals surface area contributed by atoms with Gasteiger partial charge in [-0.25, -0.2) is 22.8 Å². The van der Waals surface area contributed by atoms with E-state index in [0.717, 1.165) is 17.8 Å². The molecule has 0 atom stereocenters. The van der Waals surface area contributed by atoms with Crippen LogP contribution in [0.15, 0.2) is 47.6 Å². The van der Waals surface area contributed by atoms with Crippen molar-refractivity contribution in [2.24, 2.45) is 4.99 Å². The number of benzene rings is 2. The molecule has 0 unspecified atom stereocenters. The molecule has 0 bridgehead atoms. The van der Waals surface area contributed by atoms with Gasteiger partial charge in [0.05, 0.1) is 36.2 Å². The zero-order valence-corrected chi connectivity index (χ0v) is 15.1. The number of halogens is 4. The van der Waals surface area contributed by atoms with Crippen LogP contribution < -0.4 is 10.2 Å². The van der Waals surface area contributed by atoms with Crippen LogP contribution in [0.1, 0.15) is 5.56 Å². The molecule has 1 saturated heterocycles. The zero-order valence-electron chi connectivity index (χ0n) is 14.3. The first-order valence-corrected chi connectivity index (χ1v) is 8.96. The van der Waals surface area contributed by atoms with Crippen molar-refractivity contribution >= 4 is 34.6 Å². The van der Waals surface area contributed by atoms with Crippen molar-refractivity contribution in [3.05, 3.63) is 64.8 Å². The van der Waals surface area contributed by atoms with Crippen LogP contribution in [0, 0.1) is 11.6 Å². The molecule has 0 amide bonds. The third kappa shape index (κ3) is 2.63. The lowest BCUT2D eigenvalue weighted by Gasteiger charge is -2.36. The van der Waals surface area contributed by atoms with E-state index in [4.69, 9.17) is 11.6 Å². The van der Waals surface area contributed by atoms with Gasteiger partial charge in [-0.1, -0.05) is 17.7 Å². The Balaban J connectivity index is 1.67. The highest BCUT2D eigenvalue weighted by atomic mass is 35.5. The summed E-state index contributed by atoms with van der Waals surface area (Å²) >= 11 is 6.22. The zero-order chi connectivity index (χ0) is 19.4. The molecule has 9 heteroatoms. The second-order valence-electron chi connectivity index (χ2n) is 6.61. The third-order valence-corrected chi connectivity index (χ3v) is 5.05. The lowest BCUT2D eigenvalue weighted by molar-refractivity contribution is 0.275. The van der Waals surface area contributed by atoms with Crippen molar-refractivity contribution in [2.75, 3.05) is 23.3 Å². The second-order valence-corrected chi connectivity index (χ2v) is 7.02. The largest absolute Gasteiger partial charge is 0.365 e. The Bertz CT molecular complexity index is 1100. The van der Waals surface area contributed by atoms with Gasteiger partial charge in [0.2, 0.25) is 0 Å². The normalized spacial score (nSPS) is 15.9. The number of alkyl halides is 1. The van der Waals surface area contributed by atoms with E-state index in [0.29, 0.717) is 24.5 Å². The number of hydrogen-bond acceptors (Lipinski definition) is 4. The van der Waals surface area contributed by atoms with Crippen molar-refractivity contribution in [1.82, 2.24) is 9.78 Å². The standard InChI is InChI=1S/C19H13ClF3N5/c20-12-7-24-28-16-6-11(27-8-10(21)9-27)4-5-15(16)25-18(26-19(12)28)17-13(22)2-1-3-14(17)23/h1-7,10H,8-9H2,(H,25,26). The van der Waals surface area contributed by atoms with E-state index < -0.39 is 17.8 Å². The summed E-state index contributed by atoms with van der Waals surface area (Å²) in [7, 11) is 0. The van der Waals surface area contributed by atoms with Gasteiger partial charge in [-0.15, -0.1) is 0 Å². The minimum atomic E-state index is -0.842. The molecule has 28 heavy (non-hydrogen) atoms. The van der Waals surface area contributed by atoms with Crippen LogP contribution in [0.25, 0.3) is 5.69 Å². The van der Waals surface area contributed by atoms with E-state index in [-0.39, 0.29) is 22.2 Å². The molecule has 1 N–H and O–H groups in total. The summed E-state index contributed by atoms with van der Waals surface area (Å²) in [6.45, 7) is 0.641. The highest BCUT2D eigenvalue weighted by Gasteiger charge is 2.28. The van der Waals surface area contributed by atoms with E-state index in [2.05, 4.69) is 15.4 Å². The van der Waals surface area contributed by atoms with Crippen LogP contribution in [0.5, 0.6) is 0 Å². The van der Waals surface area contributed by atoms with Crippen molar-refractivity contribution in [3.63, 3.8) is 0 Å². The summed E-state index contributed by atoms with van der Waals surface area (Å²) in [6, 6.07) is 8.98. The first kappa shape index (κ1) is 17.1. The fourth-order valence-corrected chi connectivity index (χ4v) is 3.50. The summed E-state index contributed by atoms with van der Waals surface area (Å²) in [6.07, 6.45) is 0.573. The molecule has 5 nitrogen and oxygen atoms in total. The fraction of sp³-hybridized carbons (Fsp3) is 0.158. The summed E-state index contributed by atoms with van der Waals surface area (Å²) in [5, 5.41) is 7.47. The van der Waals surface area contributed by atoms with Gasteiger partial charge in [-0.2, -0.15) is 5.10 Å². The highest BCUT2D eigenvalue weighted by Crippen LogP contribution is 2.37. The number of rotatable bonds is 2. The summed E-state index contributed by atoms with van der Waals surface area (Å²) in [5.74, 6) is -1.26. The highest BCUT2D eigenvalue weighted by molar-refractivity contribution is 6.33. The van der Waals surface area contributed by atoms with Gasteiger partial charge in [0.25, 0.3) is 0 Å². The first-order chi connectivity index (χ1) is 13.5. The summed E-state index contributed by atoms with van der Waals surface area (Å²) in [5.41, 5.74) is 1.66. The van der Waals surface area contributed by atoms with Crippen LogP contribution in [0.3, 0.4) is 0 Å². The number of aromatic nitrogens is 2. The maximum Gasteiger partial charge on any atom is 0.176 e. The van der Waals surface area contributed by atoms with Crippen LogP contribution in [-0.4, -0.2) is 34.9 Å². The Kier molecular flexibility index (Phi) is 3.83. The minimum absolute atomic E-state index is 0.0153. The SMILES string of the molecule is Fc1cccc(F)c1C1=Nc2c(Cl)cnn2-c2cc(N3CC(F)C3)ccc2N1. The number of hydrogen-bond donors (Lipinski definition) is 1. The molecule has 1 aromatic heterocycles. The second kappa shape index (κ2) is 6.27.